The van der Waals surface area contributed by atoms with Crippen LogP contribution in [-0.4, -0.2) is 31.1 Å². The average molecular weight is 575 g/mol. The molecule has 0 aliphatic rings. The first-order valence-corrected chi connectivity index (χ1v) is 13.3. The fourth-order valence-electron chi connectivity index (χ4n) is 4.13. The van der Waals surface area contributed by atoms with Crippen molar-refractivity contribution in [1.82, 2.24) is 19.3 Å². The van der Waals surface area contributed by atoms with E-state index >= 15 is 0 Å². The summed E-state index contributed by atoms with van der Waals surface area (Å²) >= 11 is 7.47. The molecule has 5 rings (SSSR count). The number of hydrogen-bond acceptors (Lipinski definition) is 8. The number of aryl methyl sites for hydroxylation is 1. The Morgan fingerprint density at radius 2 is 1.98 bits per heavy atom. The second-order valence-electron chi connectivity index (χ2n) is 8.70. The summed E-state index contributed by atoms with van der Waals surface area (Å²) in [4.78, 5) is 43.9. The number of rotatable bonds is 10. The maximum absolute atomic E-state index is 13.6. The minimum absolute atomic E-state index is 0.191. The van der Waals surface area contributed by atoms with Gasteiger partial charge in [-0.3, -0.25) is 14.4 Å². The lowest BCUT2D eigenvalue weighted by atomic mass is 10.1. The molecule has 0 aliphatic heterocycles. The zero-order valence-corrected chi connectivity index (χ0v) is 22.6. The third kappa shape index (κ3) is 5.65. The van der Waals surface area contributed by atoms with Gasteiger partial charge in [0.1, 0.15) is 17.8 Å². The number of thiophene rings is 1. The topological polar surface area (TPSA) is 138 Å². The minimum Gasteiger partial charge on any atom is -0.451 e. The van der Waals surface area contributed by atoms with Gasteiger partial charge in [-0.2, -0.15) is 9.78 Å². The van der Waals surface area contributed by atoms with Gasteiger partial charge in [0.05, 0.1) is 22.1 Å². The molecule has 10 nitrogen and oxygen atoms in total. The highest BCUT2D eigenvalue weighted by Gasteiger charge is 2.21. The number of hydrogen-bond donors (Lipinski definition) is 2. The van der Waals surface area contributed by atoms with Crippen LogP contribution < -0.4 is 16.6 Å². The Hall–Kier alpha value is -4.74. The molecule has 0 bridgehead atoms. The number of oxazole rings is 1. The van der Waals surface area contributed by atoms with Crippen LogP contribution in [0.2, 0.25) is 4.34 Å². The van der Waals surface area contributed by atoms with Gasteiger partial charge in [0.25, 0.3) is 11.5 Å². The molecule has 5 aromatic rings. The van der Waals surface area contributed by atoms with Crippen molar-refractivity contribution in [2.45, 2.75) is 19.5 Å². The molecule has 0 spiro atoms. The summed E-state index contributed by atoms with van der Waals surface area (Å²) in [5.41, 5.74) is 7.43. The fraction of sp³-hybridized carbons (Fsp3) is 0.107. The zero-order valence-electron chi connectivity index (χ0n) is 21.0. The number of halogens is 1. The Balaban J connectivity index is 1.54. The highest BCUT2D eigenvalue weighted by molar-refractivity contribution is 7.16. The van der Waals surface area contributed by atoms with E-state index in [2.05, 4.69) is 22.0 Å². The van der Waals surface area contributed by atoms with Gasteiger partial charge in [-0.05, 0) is 48.5 Å². The summed E-state index contributed by atoms with van der Waals surface area (Å²) in [7, 11) is 0. The van der Waals surface area contributed by atoms with E-state index in [4.69, 9.17) is 21.8 Å². The van der Waals surface area contributed by atoms with Crippen LogP contribution in [0.4, 0.5) is 5.82 Å². The molecule has 1 amide bonds. The number of anilines is 1. The van der Waals surface area contributed by atoms with E-state index in [0.717, 1.165) is 4.88 Å². The number of carbonyl (C=O) groups is 2. The van der Waals surface area contributed by atoms with Gasteiger partial charge in [-0.25, -0.2) is 4.98 Å². The number of benzene rings is 1. The number of primary amides is 1. The second kappa shape index (κ2) is 11.6. The molecular formula is C28H23ClN6O4S. The number of carbonyl (C=O) groups excluding carboxylic acids is 2. The van der Waals surface area contributed by atoms with Crippen molar-refractivity contribution in [2.75, 3.05) is 5.32 Å². The van der Waals surface area contributed by atoms with Gasteiger partial charge in [0.15, 0.2) is 6.39 Å². The molecule has 1 aromatic carbocycles. The van der Waals surface area contributed by atoms with Crippen LogP contribution >= 0.6 is 22.9 Å². The second-order valence-corrected chi connectivity index (χ2v) is 10.5. The normalized spacial score (nSPS) is 10.9. The van der Waals surface area contributed by atoms with Crippen LogP contribution in [0.1, 0.15) is 37.0 Å². The number of nitrogens with one attached hydrogen (secondary N) is 1. The lowest BCUT2D eigenvalue weighted by Crippen LogP contribution is -2.25. The Bertz CT molecular complexity index is 1770. The zero-order chi connectivity index (χ0) is 28.2. The largest absolute Gasteiger partial charge is 0.451 e. The highest BCUT2D eigenvalue weighted by atomic mass is 35.5. The average Bonchev–Trinajstić information content (AvgIpc) is 3.72. The van der Waals surface area contributed by atoms with E-state index in [1.54, 1.807) is 47.0 Å². The molecule has 12 heteroatoms. The molecule has 3 N–H and O–H groups in total. The monoisotopic (exact) mass is 574 g/mol. The Kier molecular flexibility index (Phi) is 7.76. The molecule has 4 aromatic heterocycles. The van der Waals surface area contributed by atoms with E-state index < -0.39 is 11.8 Å². The van der Waals surface area contributed by atoms with Crippen molar-refractivity contribution in [2.24, 2.45) is 5.73 Å². The van der Waals surface area contributed by atoms with Crippen LogP contribution in [0, 0.1) is 0 Å². The smallest absolute Gasteiger partial charge is 0.280 e. The van der Waals surface area contributed by atoms with E-state index in [1.807, 2.05) is 6.07 Å². The number of pyridine rings is 1. The summed E-state index contributed by atoms with van der Waals surface area (Å²) in [6, 6.07) is 14.8. The van der Waals surface area contributed by atoms with Crippen LogP contribution in [0.25, 0.3) is 17.3 Å². The van der Waals surface area contributed by atoms with Crippen LogP contribution in [0.15, 0.2) is 83.0 Å². The molecule has 0 fully saturated rings. The third-order valence-electron chi connectivity index (χ3n) is 6.14. The summed E-state index contributed by atoms with van der Waals surface area (Å²) in [5, 5.41) is 7.73. The van der Waals surface area contributed by atoms with Crippen molar-refractivity contribution in [1.29, 1.82) is 0 Å². The first-order valence-electron chi connectivity index (χ1n) is 12.1. The molecule has 0 atom stereocenters. The summed E-state index contributed by atoms with van der Waals surface area (Å²) in [6.45, 7) is 4.53. The number of nitrogens with two attached hydrogens (primary N) is 1. The lowest BCUT2D eigenvalue weighted by Gasteiger charge is -2.11. The molecule has 202 valence electrons. The molecule has 0 saturated carbocycles. The predicted octanol–water partition coefficient (Wildman–Crippen LogP) is 4.70. The maximum atomic E-state index is 13.6. The number of amides is 1. The molecule has 0 unspecified atom stereocenters. The third-order valence-corrected chi connectivity index (χ3v) is 7.37. The summed E-state index contributed by atoms with van der Waals surface area (Å²) in [6.07, 6.45) is 4.94. The first-order chi connectivity index (χ1) is 19.3. The van der Waals surface area contributed by atoms with Gasteiger partial charge in [-0.15, -0.1) is 11.3 Å². The van der Waals surface area contributed by atoms with Gasteiger partial charge in [0.2, 0.25) is 5.91 Å². The van der Waals surface area contributed by atoms with Crippen LogP contribution in [0.3, 0.4) is 0 Å². The first kappa shape index (κ1) is 26.9. The highest BCUT2D eigenvalue weighted by Crippen LogP contribution is 2.25. The van der Waals surface area contributed by atoms with Crippen molar-refractivity contribution < 1.29 is 14.0 Å². The van der Waals surface area contributed by atoms with Crippen molar-refractivity contribution in [3.63, 3.8) is 0 Å². The summed E-state index contributed by atoms with van der Waals surface area (Å²) in [5.74, 6) is -0.803. The molecular weight excluding hydrogens is 552 g/mol. The molecule has 4 heterocycles. The van der Waals surface area contributed by atoms with Crippen molar-refractivity contribution in [3.8, 4) is 11.3 Å². The van der Waals surface area contributed by atoms with E-state index in [1.165, 1.54) is 40.8 Å². The van der Waals surface area contributed by atoms with Gasteiger partial charge in [0, 0.05) is 40.7 Å². The van der Waals surface area contributed by atoms with Crippen molar-refractivity contribution >= 4 is 46.6 Å². The standard InChI is InChI=1S/C28H23ClN6O4S/c1-2-20-6-8-22(28(38)34(20)11-10-19-15-39-16-32-19)23-13-25(31-14-21-7-9-24(29)40-21)35(33-23)27(37)18-5-3-4-17(12-18)26(30)36/h2-9,12-13,15-16,31H,1,10-11,14H2,(H2,30,36). The molecule has 0 aliphatic carbocycles. The van der Waals surface area contributed by atoms with Gasteiger partial charge in [-0.1, -0.05) is 24.2 Å². The summed E-state index contributed by atoms with van der Waals surface area (Å²) < 4.78 is 8.42. The molecule has 0 radical (unpaired) electrons. The van der Waals surface area contributed by atoms with Crippen LogP contribution in [-0.2, 0) is 19.5 Å². The lowest BCUT2D eigenvalue weighted by molar-refractivity contribution is 0.0948. The molecule has 0 saturated heterocycles. The van der Waals surface area contributed by atoms with Gasteiger partial charge < -0.3 is 20.0 Å². The number of aromatic nitrogens is 4. The Labute approximate surface area is 237 Å². The Morgan fingerprint density at radius 1 is 1.15 bits per heavy atom. The van der Waals surface area contributed by atoms with Gasteiger partial charge >= 0.3 is 0 Å². The molecule has 40 heavy (non-hydrogen) atoms. The number of nitrogens with zero attached hydrogens (tertiary/aromatic N) is 4. The van der Waals surface area contributed by atoms with E-state index in [9.17, 15) is 14.4 Å². The SMILES string of the molecule is C=Cc1ccc(-c2cc(NCc3ccc(Cl)s3)n(C(=O)c3cccc(C(N)=O)c3)n2)c(=O)n1CCc1cocn1. The van der Waals surface area contributed by atoms with E-state index in [-0.39, 0.29) is 16.7 Å². The Morgan fingerprint density at radius 3 is 2.67 bits per heavy atom. The van der Waals surface area contributed by atoms with Crippen molar-refractivity contribution in [3.05, 3.63) is 116 Å². The van der Waals surface area contributed by atoms with E-state index in [0.29, 0.717) is 52.3 Å². The van der Waals surface area contributed by atoms with Crippen LogP contribution in [0.5, 0.6) is 0 Å². The fourth-order valence-corrected chi connectivity index (χ4v) is 5.16. The predicted molar refractivity (Wildman–Crippen MR) is 154 cm³/mol. The quantitative estimate of drug-likeness (QED) is 0.246. The minimum atomic E-state index is -0.655. The maximum Gasteiger partial charge on any atom is 0.280 e.